The van der Waals surface area contributed by atoms with Gasteiger partial charge in [-0.1, -0.05) is 36.4 Å². The van der Waals surface area contributed by atoms with Crippen molar-refractivity contribution < 1.29 is 0 Å². The number of aryl methyl sites for hydroxylation is 1. The zero-order valence-electron chi connectivity index (χ0n) is 18.2. The minimum Gasteiger partial charge on any atom is -0.357 e. The average Bonchev–Trinajstić information content (AvgIpc) is 3.18. The fraction of sp³-hybridized carbons (Fsp3) is 0.500. The lowest BCUT2D eigenvalue weighted by Crippen LogP contribution is -2.40. The number of likely N-dealkylation sites (tertiary alicyclic amines) is 1. The Labute approximate surface area is 197 Å². The van der Waals surface area contributed by atoms with Gasteiger partial charge < -0.3 is 14.8 Å². The molecule has 0 saturated carbocycles. The number of unbranched alkanes of at least 4 members (excludes halogenated alkanes) is 1. The number of hydrogen-bond donors (Lipinski definition) is 1. The first-order chi connectivity index (χ1) is 14.2. The number of nitrogens with one attached hydrogen (secondary N) is 1. The van der Waals surface area contributed by atoms with E-state index in [0.717, 1.165) is 63.6 Å². The summed E-state index contributed by atoms with van der Waals surface area (Å²) in [5, 5.41) is 3.46. The van der Waals surface area contributed by atoms with Crippen molar-refractivity contribution in [2.45, 2.75) is 46.1 Å². The molecule has 6 heteroatoms. The number of aromatic nitrogens is 1. The largest absolute Gasteiger partial charge is 0.357 e. The van der Waals surface area contributed by atoms with E-state index in [1.165, 1.54) is 12.0 Å². The molecule has 1 saturated heterocycles. The molecule has 2 heterocycles. The van der Waals surface area contributed by atoms with E-state index in [4.69, 9.17) is 4.99 Å². The van der Waals surface area contributed by atoms with Crippen LogP contribution in [0.4, 0.5) is 0 Å². The van der Waals surface area contributed by atoms with Gasteiger partial charge in [-0.3, -0.25) is 9.79 Å². The van der Waals surface area contributed by atoms with Crippen LogP contribution in [-0.2, 0) is 13.0 Å². The zero-order chi connectivity index (χ0) is 20.5. The van der Waals surface area contributed by atoms with Gasteiger partial charge in [0.05, 0.1) is 0 Å². The minimum atomic E-state index is 0. The van der Waals surface area contributed by atoms with E-state index in [1.807, 2.05) is 23.6 Å². The Morgan fingerprint density at radius 3 is 2.67 bits per heavy atom. The van der Waals surface area contributed by atoms with Crippen LogP contribution in [0.2, 0.25) is 0 Å². The van der Waals surface area contributed by atoms with Crippen molar-refractivity contribution in [2.24, 2.45) is 10.9 Å². The number of aliphatic imine (C=N–C) groups is 1. The Hall–Kier alpha value is -1.83. The molecule has 0 spiro atoms. The van der Waals surface area contributed by atoms with Crippen LogP contribution in [0.5, 0.6) is 0 Å². The summed E-state index contributed by atoms with van der Waals surface area (Å²) in [6, 6.07) is 16.2. The summed E-state index contributed by atoms with van der Waals surface area (Å²) in [4.78, 5) is 19.2. The highest BCUT2D eigenvalue weighted by Crippen LogP contribution is 2.21. The number of rotatable bonds is 8. The summed E-state index contributed by atoms with van der Waals surface area (Å²) in [6.07, 6.45) is 4.30. The number of guanidine groups is 1. The zero-order valence-corrected chi connectivity index (χ0v) is 20.5. The van der Waals surface area contributed by atoms with Gasteiger partial charge in [0.25, 0.3) is 5.56 Å². The van der Waals surface area contributed by atoms with Crippen molar-refractivity contribution in [2.75, 3.05) is 26.2 Å². The minimum absolute atomic E-state index is 0. The molecule has 1 aromatic heterocycles. The van der Waals surface area contributed by atoms with Crippen LogP contribution in [0.1, 0.15) is 37.4 Å². The molecule has 1 fully saturated rings. The van der Waals surface area contributed by atoms with Crippen LogP contribution in [0.3, 0.4) is 0 Å². The van der Waals surface area contributed by atoms with E-state index < -0.39 is 0 Å². The highest BCUT2D eigenvalue weighted by Gasteiger charge is 2.24. The Morgan fingerprint density at radius 2 is 1.93 bits per heavy atom. The number of benzene rings is 1. The van der Waals surface area contributed by atoms with Crippen LogP contribution >= 0.6 is 24.0 Å². The van der Waals surface area contributed by atoms with Crippen LogP contribution in [-0.4, -0.2) is 41.6 Å². The highest BCUT2D eigenvalue weighted by molar-refractivity contribution is 14.0. The Bertz CT molecular complexity index is 850. The third-order valence-corrected chi connectivity index (χ3v) is 5.61. The lowest BCUT2D eigenvalue weighted by Gasteiger charge is -2.21. The molecule has 1 N–H and O–H groups in total. The van der Waals surface area contributed by atoms with Gasteiger partial charge in [-0.2, -0.15) is 0 Å². The Morgan fingerprint density at radius 1 is 1.13 bits per heavy atom. The van der Waals surface area contributed by atoms with Gasteiger partial charge in [-0.05, 0) is 57.1 Å². The molecule has 0 aliphatic carbocycles. The van der Waals surface area contributed by atoms with E-state index in [2.05, 4.69) is 47.5 Å². The lowest BCUT2D eigenvalue weighted by molar-refractivity contribution is 0.459. The number of hydrogen-bond acceptors (Lipinski definition) is 2. The molecule has 0 radical (unpaired) electrons. The molecular weight excluding hydrogens is 487 g/mol. The fourth-order valence-corrected chi connectivity index (χ4v) is 4.04. The Kier molecular flexibility index (Phi) is 10.4. The summed E-state index contributed by atoms with van der Waals surface area (Å²) in [7, 11) is 0. The molecule has 30 heavy (non-hydrogen) atoms. The topological polar surface area (TPSA) is 49.6 Å². The van der Waals surface area contributed by atoms with Crippen LogP contribution in [0.15, 0.2) is 58.3 Å². The van der Waals surface area contributed by atoms with Crippen molar-refractivity contribution in [1.82, 2.24) is 14.8 Å². The van der Waals surface area contributed by atoms with Crippen molar-refractivity contribution in [3.63, 3.8) is 0 Å². The van der Waals surface area contributed by atoms with E-state index in [1.54, 1.807) is 6.07 Å². The predicted molar refractivity (Wildman–Crippen MR) is 136 cm³/mol. The molecular formula is C24H35IN4O. The van der Waals surface area contributed by atoms with E-state index in [-0.39, 0.29) is 29.5 Å². The lowest BCUT2D eigenvalue weighted by atomic mass is 9.99. The predicted octanol–water partition coefficient (Wildman–Crippen LogP) is 4.09. The van der Waals surface area contributed by atoms with Gasteiger partial charge >= 0.3 is 0 Å². The van der Waals surface area contributed by atoms with Crippen molar-refractivity contribution in [3.05, 3.63) is 70.1 Å². The van der Waals surface area contributed by atoms with E-state index >= 15 is 0 Å². The number of nitrogens with zero attached hydrogens (tertiary/aromatic N) is 3. The summed E-state index contributed by atoms with van der Waals surface area (Å²) in [5.41, 5.74) is 2.53. The van der Waals surface area contributed by atoms with Crippen LogP contribution in [0.25, 0.3) is 0 Å². The maximum Gasteiger partial charge on any atom is 0.250 e. The van der Waals surface area contributed by atoms with E-state index in [0.29, 0.717) is 5.92 Å². The molecule has 0 bridgehead atoms. The molecule has 1 aliphatic heterocycles. The van der Waals surface area contributed by atoms with Gasteiger partial charge in [0, 0.05) is 44.5 Å². The van der Waals surface area contributed by atoms with Gasteiger partial charge in [0.1, 0.15) is 0 Å². The van der Waals surface area contributed by atoms with Crippen molar-refractivity contribution >= 4 is 29.9 Å². The second-order valence-corrected chi connectivity index (χ2v) is 7.89. The molecule has 1 aliphatic rings. The third kappa shape index (κ3) is 7.15. The standard InChI is InChI=1S/C24H34N4O.HI/c1-3-25-24(26-15-7-8-16-28-20(2)10-9-13-23(28)29)27-17-14-22(19-27)18-21-11-5-4-6-12-21;/h4-6,9-13,22H,3,7-8,14-19H2,1-2H3,(H,25,26);1H. The average molecular weight is 522 g/mol. The molecule has 3 rings (SSSR count). The van der Waals surface area contributed by atoms with Crippen LogP contribution in [0, 0.1) is 12.8 Å². The summed E-state index contributed by atoms with van der Waals surface area (Å²) in [5.74, 6) is 1.73. The molecule has 5 nitrogen and oxygen atoms in total. The molecule has 0 amide bonds. The van der Waals surface area contributed by atoms with Crippen molar-refractivity contribution in [3.8, 4) is 0 Å². The quantitative estimate of drug-likeness (QED) is 0.246. The van der Waals surface area contributed by atoms with Crippen molar-refractivity contribution in [1.29, 1.82) is 0 Å². The van der Waals surface area contributed by atoms with Gasteiger partial charge in [-0.25, -0.2) is 0 Å². The molecule has 164 valence electrons. The molecule has 1 atom stereocenters. The normalized spacial score (nSPS) is 16.4. The summed E-state index contributed by atoms with van der Waals surface area (Å²) < 4.78 is 1.85. The monoisotopic (exact) mass is 522 g/mol. The fourth-order valence-electron chi connectivity index (χ4n) is 4.04. The second-order valence-electron chi connectivity index (χ2n) is 7.89. The number of pyridine rings is 1. The Balaban J connectivity index is 0.00000320. The molecule has 2 aromatic rings. The summed E-state index contributed by atoms with van der Waals surface area (Å²) >= 11 is 0. The van der Waals surface area contributed by atoms with Gasteiger partial charge in [-0.15, -0.1) is 24.0 Å². The number of halogens is 1. The first-order valence-electron chi connectivity index (χ1n) is 10.9. The summed E-state index contributed by atoms with van der Waals surface area (Å²) in [6.45, 7) is 8.70. The highest BCUT2D eigenvalue weighted by atomic mass is 127. The maximum absolute atomic E-state index is 12.0. The van der Waals surface area contributed by atoms with Gasteiger partial charge in [0.15, 0.2) is 5.96 Å². The maximum atomic E-state index is 12.0. The van der Waals surface area contributed by atoms with Crippen LogP contribution < -0.4 is 10.9 Å². The SMILES string of the molecule is CCNC(=NCCCCn1c(C)cccc1=O)N1CCC(Cc2ccccc2)C1.I. The smallest absolute Gasteiger partial charge is 0.250 e. The van der Waals surface area contributed by atoms with E-state index in [9.17, 15) is 4.79 Å². The second kappa shape index (κ2) is 12.8. The molecule has 1 aromatic carbocycles. The van der Waals surface area contributed by atoms with Gasteiger partial charge in [0.2, 0.25) is 0 Å². The first kappa shape index (κ1) is 24.4. The molecule has 1 unspecified atom stereocenters. The first-order valence-corrected chi connectivity index (χ1v) is 10.9. The third-order valence-electron chi connectivity index (χ3n) is 5.61.